The average molecular weight is 440 g/mol. The molecule has 0 atom stereocenters. The molecule has 0 aromatic heterocycles. The number of hydrogen-bond donors (Lipinski definition) is 3. The highest BCUT2D eigenvalue weighted by molar-refractivity contribution is 5.97. The number of nitrogens with one attached hydrogen (secondary N) is 2. The molecule has 8 heteroatoms. The molecular weight excluding hydrogens is 410 g/mol. The number of hydrogen-bond acceptors (Lipinski definition) is 5. The second-order valence-corrected chi connectivity index (χ2v) is 8.04. The number of benzene rings is 2. The number of phenolic OH excluding ortho intramolecular Hbond substituents is 1. The monoisotopic (exact) mass is 439 g/mol. The standard InChI is InChI=1S/C24H29N3O5/c1-16(2)32-19-9-7-17(8-10-19)23(30)25-15-22(29)27-13-11-18(12-14-27)24(31)26-20-5-3-4-6-21(20)28/h3-10,16,18,28H,11-15H2,1-2H3,(H,25,30)(H,26,31). The number of likely N-dealkylation sites (tertiary alicyclic amines) is 1. The highest BCUT2D eigenvalue weighted by Gasteiger charge is 2.27. The fraction of sp³-hybridized carbons (Fsp3) is 0.375. The molecule has 1 heterocycles. The van der Waals surface area contributed by atoms with E-state index in [2.05, 4.69) is 10.6 Å². The molecule has 1 fully saturated rings. The maximum atomic E-state index is 12.5. The summed E-state index contributed by atoms with van der Waals surface area (Å²) in [4.78, 5) is 38.9. The Morgan fingerprint density at radius 3 is 2.34 bits per heavy atom. The Hall–Kier alpha value is -3.55. The fourth-order valence-corrected chi connectivity index (χ4v) is 3.53. The first-order chi connectivity index (χ1) is 15.3. The van der Waals surface area contributed by atoms with Crippen molar-refractivity contribution in [2.45, 2.75) is 32.8 Å². The van der Waals surface area contributed by atoms with Crippen LogP contribution in [0.25, 0.3) is 0 Å². The Labute approximate surface area is 187 Å². The average Bonchev–Trinajstić information content (AvgIpc) is 2.79. The minimum atomic E-state index is -0.327. The normalized spacial score (nSPS) is 14.2. The van der Waals surface area contributed by atoms with Crippen molar-refractivity contribution >= 4 is 23.4 Å². The maximum absolute atomic E-state index is 12.5. The summed E-state index contributed by atoms with van der Waals surface area (Å²) in [5.41, 5.74) is 0.830. The minimum Gasteiger partial charge on any atom is -0.506 e. The van der Waals surface area contributed by atoms with E-state index in [0.29, 0.717) is 42.9 Å². The Balaban J connectivity index is 1.42. The number of aromatic hydroxyl groups is 1. The number of anilines is 1. The minimum absolute atomic E-state index is 0.0197. The topological polar surface area (TPSA) is 108 Å². The van der Waals surface area contributed by atoms with Crippen molar-refractivity contribution in [2.75, 3.05) is 25.0 Å². The number of carbonyl (C=O) groups excluding carboxylic acids is 3. The summed E-state index contributed by atoms with van der Waals surface area (Å²) in [7, 11) is 0. The van der Waals surface area contributed by atoms with E-state index >= 15 is 0 Å². The van der Waals surface area contributed by atoms with Gasteiger partial charge < -0.3 is 25.4 Å². The van der Waals surface area contributed by atoms with Gasteiger partial charge in [-0.15, -0.1) is 0 Å². The number of amides is 3. The lowest BCUT2D eigenvalue weighted by atomic mass is 9.95. The first kappa shape index (κ1) is 23.1. The van der Waals surface area contributed by atoms with E-state index in [-0.39, 0.29) is 42.0 Å². The summed E-state index contributed by atoms with van der Waals surface area (Å²) in [5, 5.41) is 15.2. The Kier molecular flexibility index (Phi) is 7.70. The van der Waals surface area contributed by atoms with E-state index in [1.807, 2.05) is 13.8 Å². The summed E-state index contributed by atoms with van der Waals surface area (Å²) < 4.78 is 5.56. The molecule has 2 aromatic carbocycles. The molecular formula is C24H29N3O5. The van der Waals surface area contributed by atoms with Crippen molar-refractivity contribution in [1.82, 2.24) is 10.2 Å². The third-order valence-electron chi connectivity index (χ3n) is 5.27. The molecule has 1 aliphatic rings. The van der Waals surface area contributed by atoms with Crippen LogP contribution in [0.4, 0.5) is 5.69 Å². The SMILES string of the molecule is CC(C)Oc1ccc(C(=O)NCC(=O)N2CCC(C(=O)Nc3ccccc3O)CC2)cc1. The van der Waals surface area contributed by atoms with Crippen molar-refractivity contribution in [2.24, 2.45) is 5.92 Å². The highest BCUT2D eigenvalue weighted by Crippen LogP contribution is 2.24. The summed E-state index contributed by atoms with van der Waals surface area (Å²) in [6.07, 6.45) is 1.10. The van der Waals surface area contributed by atoms with Crippen LogP contribution in [0, 0.1) is 5.92 Å². The number of nitrogens with zero attached hydrogens (tertiary/aromatic N) is 1. The summed E-state index contributed by atoms with van der Waals surface area (Å²) >= 11 is 0. The summed E-state index contributed by atoms with van der Waals surface area (Å²) in [6.45, 7) is 4.63. The van der Waals surface area contributed by atoms with Gasteiger partial charge in [-0.05, 0) is 63.1 Å². The van der Waals surface area contributed by atoms with Gasteiger partial charge in [-0.2, -0.15) is 0 Å². The number of carbonyl (C=O) groups is 3. The molecule has 3 amide bonds. The van der Waals surface area contributed by atoms with Crippen LogP contribution < -0.4 is 15.4 Å². The van der Waals surface area contributed by atoms with Gasteiger partial charge >= 0.3 is 0 Å². The van der Waals surface area contributed by atoms with Crippen molar-refractivity contribution in [3.63, 3.8) is 0 Å². The molecule has 8 nitrogen and oxygen atoms in total. The molecule has 2 aromatic rings. The zero-order valence-corrected chi connectivity index (χ0v) is 18.3. The van der Waals surface area contributed by atoms with Crippen molar-refractivity contribution < 1.29 is 24.2 Å². The van der Waals surface area contributed by atoms with Crippen LogP contribution in [0.2, 0.25) is 0 Å². The summed E-state index contributed by atoms with van der Waals surface area (Å²) in [5.74, 6) is -0.214. The third kappa shape index (κ3) is 6.23. The van der Waals surface area contributed by atoms with Crippen LogP contribution in [0.15, 0.2) is 48.5 Å². The van der Waals surface area contributed by atoms with E-state index in [4.69, 9.17) is 4.74 Å². The van der Waals surface area contributed by atoms with Gasteiger partial charge in [0.25, 0.3) is 5.91 Å². The highest BCUT2D eigenvalue weighted by atomic mass is 16.5. The smallest absolute Gasteiger partial charge is 0.251 e. The van der Waals surface area contributed by atoms with Gasteiger partial charge in [0.15, 0.2) is 0 Å². The van der Waals surface area contributed by atoms with Gasteiger partial charge in [0.1, 0.15) is 11.5 Å². The Morgan fingerprint density at radius 2 is 1.72 bits per heavy atom. The molecule has 170 valence electrons. The number of phenols is 1. The van der Waals surface area contributed by atoms with E-state index < -0.39 is 0 Å². The van der Waals surface area contributed by atoms with Crippen LogP contribution >= 0.6 is 0 Å². The second kappa shape index (κ2) is 10.7. The Morgan fingerprint density at radius 1 is 1.06 bits per heavy atom. The van der Waals surface area contributed by atoms with Crippen LogP contribution in [-0.4, -0.2) is 53.5 Å². The van der Waals surface area contributed by atoms with Crippen molar-refractivity contribution in [3.05, 3.63) is 54.1 Å². The number of rotatable bonds is 7. The first-order valence-electron chi connectivity index (χ1n) is 10.7. The maximum Gasteiger partial charge on any atom is 0.251 e. The lowest BCUT2D eigenvalue weighted by Gasteiger charge is -2.31. The molecule has 0 unspecified atom stereocenters. The molecule has 1 aliphatic heterocycles. The zero-order valence-electron chi connectivity index (χ0n) is 18.3. The quantitative estimate of drug-likeness (QED) is 0.575. The van der Waals surface area contributed by atoms with Crippen LogP contribution in [0.5, 0.6) is 11.5 Å². The fourth-order valence-electron chi connectivity index (χ4n) is 3.53. The van der Waals surface area contributed by atoms with Gasteiger partial charge in [-0.25, -0.2) is 0 Å². The van der Waals surface area contributed by atoms with Crippen LogP contribution in [0.3, 0.4) is 0 Å². The lowest BCUT2D eigenvalue weighted by molar-refractivity contribution is -0.133. The van der Waals surface area contributed by atoms with Gasteiger partial charge in [-0.3, -0.25) is 14.4 Å². The van der Waals surface area contributed by atoms with Gasteiger partial charge in [0.05, 0.1) is 18.3 Å². The molecule has 0 bridgehead atoms. The second-order valence-electron chi connectivity index (χ2n) is 8.04. The zero-order chi connectivity index (χ0) is 23.1. The predicted octanol–water partition coefficient (Wildman–Crippen LogP) is 2.79. The number of piperidine rings is 1. The van der Waals surface area contributed by atoms with E-state index in [1.54, 1.807) is 47.4 Å². The van der Waals surface area contributed by atoms with E-state index in [0.717, 1.165) is 0 Å². The molecule has 0 radical (unpaired) electrons. The van der Waals surface area contributed by atoms with Crippen LogP contribution in [0.1, 0.15) is 37.0 Å². The molecule has 1 saturated heterocycles. The van der Waals surface area contributed by atoms with Gasteiger partial charge in [-0.1, -0.05) is 12.1 Å². The number of para-hydroxylation sites is 2. The largest absolute Gasteiger partial charge is 0.506 e. The molecule has 0 saturated carbocycles. The lowest BCUT2D eigenvalue weighted by Crippen LogP contribution is -2.45. The molecule has 3 rings (SSSR count). The van der Waals surface area contributed by atoms with E-state index in [1.165, 1.54) is 6.07 Å². The number of ether oxygens (including phenoxy) is 1. The van der Waals surface area contributed by atoms with Crippen LogP contribution in [-0.2, 0) is 9.59 Å². The first-order valence-corrected chi connectivity index (χ1v) is 10.7. The Bertz CT molecular complexity index is 950. The molecule has 0 aliphatic carbocycles. The van der Waals surface area contributed by atoms with Crippen molar-refractivity contribution in [1.29, 1.82) is 0 Å². The van der Waals surface area contributed by atoms with E-state index in [9.17, 15) is 19.5 Å². The molecule has 32 heavy (non-hydrogen) atoms. The summed E-state index contributed by atoms with van der Waals surface area (Å²) in [6, 6.07) is 13.3. The van der Waals surface area contributed by atoms with Gasteiger partial charge in [0, 0.05) is 24.6 Å². The molecule has 3 N–H and O–H groups in total. The predicted molar refractivity (Wildman–Crippen MR) is 121 cm³/mol. The third-order valence-corrected chi connectivity index (χ3v) is 5.27. The van der Waals surface area contributed by atoms with Gasteiger partial charge in [0.2, 0.25) is 11.8 Å². The van der Waals surface area contributed by atoms with Crippen molar-refractivity contribution in [3.8, 4) is 11.5 Å². The molecule has 0 spiro atoms.